The molecule has 2 aliphatic carbocycles. The lowest BCUT2D eigenvalue weighted by molar-refractivity contribution is 0.193. The van der Waals surface area contributed by atoms with Gasteiger partial charge in [-0.05, 0) is 49.9 Å². The zero-order valence-corrected chi connectivity index (χ0v) is 13.4. The van der Waals surface area contributed by atoms with E-state index in [4.69, 9.17) is 11.6 Å². The van der Waals surface area contributed by atoms with Crippen LogP contribution in [0.25, 0.3) is 0 Å². The number of nitrogens with zero attached hydrogens (tertiary/aromatic N) is 2. The van der Waals surface area contributed by atoms with Crippen LogP contribution in [0.2, 0.25) is 5.02 Å². The van der Waals surface area contributed by atoms with Gasteiger partial charge in [-0.3, -0.25) is 4.68 Å². The molecule has 2 aliphatic rings. The molecular weight excluding hydrogens is 312 g/mol. The maximum absolute atomic E-state index is 6.41. The third kappa shape index (κ3) is 1.85. The SMILES string of the molecule is Cc1nn(C)c(CC2(CBr)CC3CCC2C3)c1Cl. The minimum Gasteiger partial charge on any atom is -0.271 e. The molecule has 0 amide bonds. The van der Waals surface area contributed by atoms with E-state index in [0.29, 0.717) is 5.41 Å². The summed E-state index contributed by atoms with van der Waals surface area (Å²) >= 11 is 10.2. The summed E-state index contributed by atoms with van der Waals surface area (Å²) in [5.41, 5.74) is 2.61. The summed E-state index contributed by atoms with van der Waals surface area (Å²) in [4.78, 5) is 0. The number of halogens is 2. The summed E-state index contributed by atoms with van der Waals surface area (Å²) < 4.78 is 1.98. The van der Waals surface area contributed by atoms with Crippen LogP contribution in [0.15, 0.2) is 0 Å². The van der Waals surface area contributed by atoms with Gasteiger partial charge in [0.2, 0.25) is 0 Å². The fourth-order valence-corrected chi connectivity index (χ4v) is 5.30. The van der Waals surface area contributed by atoms with Crippen molar-refractivity contribution in [3.8, 4) is 0 Å². The molecular formula is C14H20BrClN2. The van der Waals surface area contributed by atoms with Crippen molar-refractivity contribution in [2.24, 2.45) is 24.3 Å². The highest BCUT2D eigenvalue weighted by molar-refractivity contribution is 9.09. The van der Waals surface area contributed by atoms with Crippen LogP contribution in [0, 0.1) is 24.2 Å². The number of rotatable bonds is 3. The van der Waals surface area contributed by atoms with Crippen molar-refractivity contribution in [3.05, 3.63) is 16.4 Å². The van der Waals surface area contributed by atoms with Crippen LogP contribution in [0.3, 0.4) is 0 Å². The fraction of sp³-hybridized carbons (Fsp3) is 0.786. The first kappa shape index (κ1) is 13.0. The van der Waals surface area contributed by atoms with Gasteiger partial charge in [-0.1, -0.05) is 34.0 Å². The van der Waals surface area contributed by atoms with Crippen LogP contribution in [0.5, 0.6) is 0 Å². The third-order valence-corrected chi connectivity index (χ3v) is 6.76. The van der Waals surface area contributed by atoms with Crippen molar-refractivity contribution >= 4 is 27.5 Å². The van der Waals surface area contributed by atoms with Crippen molar-refractivity contribution in [2.75, 3.05) is 5.33 Å². The van der Waals surface area contributed by atoms with Crippen LogP contribution in [-0.2, 0) is 13.5 Å². The van der Waals surface area contributed by atoms with Crippen LogP contribution >= 0.6 is 27.5 Å². The lowest BCUT2D eigenvalue weighted by Crippen LogP contribution is -2.32. The Morgan fingerprint density at radius 1 is 1.50 bits per heavy atom. The molecule has 3 atom stereocenters. The van der Waals surface area contributed by atoms with Gasteiger partial charge in [0.25, 0.3) is 0 Å². The monoisotopic (exact) mass is 330 g/mol. The highest BCUT2D eigenvalue weighted by atomic mass is 79.9. The summed E-state index contributed by atoms with van der Waals surface area (Å²) in [6.07, 6.45) is 6.72. The van der Waals surface area contributed by atoms with E-state index in [1.54, 1.807) is 0 Å². The lowest BCUT2D eigenvalue weighted by Gasteiger charge is -2.36. The van der Waals surface area contributed by atoms with Gasteiger partial charge in [-0.15, -0.1) is 0 Å². The van der Waals surface area contributed by atoms with E-state index in [2.05, 4.69) is 21.0 Å². The number of aromatic nitrogens is 2. The standard InChI is InChI=1S/C14H20BrClN2/c1-9-13(16)12(18(2)17-9)7-14(8-15)6-10-3-4-11(14)5-10/h10-11H,3-8H2,1-2H3. The maximum Gasteiger partial charge on any atom is 0.0847 e. The van der Waals surface area contributed by atoms with E-state index in [1.807, 2.05) is 18.7 Å². The Morgan fingerprint density at radius 3 is 2.72 bits per heavy atom. The third-order valence-electron chi connectivity index (χ3n) is 5.15. The second-order valence-electron chi connectivity index (χ2n) is 6.22. The van der Waals surface area contributed by atoms with Crippen molar-refractivity contribution in [1.82, 2.24) is 9.78 Å². The van der Waals surface area contributed by atoms with E-state index in [9.17, 15) is 0 Å². The largest absolute Gasteiger partial charge is 0.271 e. The smallest absolute Gasteiger partial charge is 0.0847 e. The fourth-order valence-electron chi connectivity index (χ4n) is 4.19. The van der Waals surface area contributed by atoms with Crippen molar-refractivity contribution in [2.45, 2.75) is 39.0 Å². The van der Waals surface area contributed by atoms with Gasteiger partial charge in [-0.2, -0.15) is 5.10 Å². The van der Waals surface area contributed by atoms with E-state index in [0.717, 1.165) is 34.3 Å². The molecule has 100 valence electrons. The molecule has 3 unspecified atom stereocenters. The molecule has 2 fully saturated rings. The maximum atomic E-state index is 6.41. The van der Waals surface area contributed by atoms with Gasteiger partial charge >= 0.3 is 0 Å². The molecule has 0 saturated heterocycles. The molecule has 2 nitrogen and oxygen atoms in total. The summed E-state index contributed by atoms with van der Waals surface area (Å²) in [6.45, 7) is 1.99. The first-order valence-electron chi connectivity index (χ1n) is 6.79. The Balaban J connectivity index is 1.91. The van der Waals surface area contributed by atoms with Gasteiger partial charge < -0.3 is 0 Å². The molecule has 1 aromatic rings. The number of alkyl halides is 1. The van der Waals surface area contributed by atoms with Gasteiger partial charge in [0.15, 0.2) is 0 Å². The second-order valence-corrected chi connectivity index (χ2v) is 7.16. The van der Waals surface area contributed by atoms with Gasteiger partial charge in [0, 0.05) is 12.4 Å². The topological polar surface area (TPSA) is 17.8 Å². The van der Waals surface area contributed by atoms with Crippen LogP contribution in [-0.4, -0.2) is 15.1 Å². The normalized spacial score (nSPS) is 34.4. The summed E-state index contributed by atoms with van der Waals surface area (Å²) in [7, 11) is 2.02. The predicted molar refractivity (Wildman–Crippen MR) is 78.3 cm³/mol. The number of fused-ring (bicyclic) bond motifs is 2. The Labute approximate surface area is 122 Å². The average molecular weight is 332 g/mol. The first-order chi connectivity index (χ1) is 8.55. The average Bonchev–Trinajstić information content (AvgIpc) is 3.00. The van der Waals surface area contributed by atoms with Crippen LogP contribution in [0.4, 0.5) is 0 Å². The summed E-state index contributed by atoms with van der Waals surface area (Å²) in [5.74, 6) is 1.84. The molecule has 0 aliphatic heterocycles. The minimum absolute atomic E-state index is 0.423. The molecule has 0 aromatic carbocycles. The molecule has 0 spiro atoms. The van der Waals surface area contributed by atoms with Crippen molar-refractivity contribution < 1.29 is 0 Å². The lowest BCUT2D eigenvalue weighted by atomic mass is 9.71. The van der Waals surface area contributed by atoms with Gasteiger partial charge in [0.1, 0.15) is 0 Å². The Hall–Kier alpha value is -0.0200. The molecule has 1 heterocycles. The molecule has 1 aromatic heterocycles. The van der Waals surface area contributed by atoms with E-state index >= 15 is 0 Å². The summed E-state index contributed by atoms with van der Waals surface area (Å²) in [6, 6.07) is 0. The number of aryl methyl sites for hydroxylation is 2. The zero-order chi connectivity index (χ0) is 12.9. The van der Waals surface area contributed by atoms with Crippen LogP contribution < -0.4 is 0 Å². The number of hydrogen-bond donors (Lipinski definition) is 0. The minimum atomic E-state index is 0.423. The van der Waals surface area contributed by atoms with Gasteiger partial charge in [-0.25, -0.2) is 0 Å². The molecule has 4 heteroatoms. The van der Waals surface area contributed by atoms with Crippen molar-refractivity contribution in [1.29, 1.82) is 0 Å². The Bertz CT molecular complexity index is 471. The summed E-state index contributed by atoms with van der Waals surface area (Å²) in [5, 5.41) is 6.42. The Morgan fingerprint density at radius 2 is 2.28 bits per heavy atom. The molecule has 2 saturated carbocycles. The molecule has 2 bridgehead atoms. The Kier molecular flexibility index (Phi) is 3.26. The van der Waals surface area contributed by atoms with E-state index < -0.39 is 0 Å². The number of hydrogen-bond acceptors (Lipinski definition) is 1. The first-order valence-corrected chi connectivity index (χ1v) is 8.29. The molecule has 3 rings (SSSR count). The highest BCUT2D eigenvalue weighted by Crippen LogP contribution is 2.58. The van der Waals surface area contributed by atoms with E-state index in [1.165, 1.54) is 31.4 Å². The second kappa shape index (κ2) is 4.52. The molecule has 0 N–H and O–H groups in total. The van der Waals surface area contributed by atoms with Crippen molar-refractivity contribution in [3.63, 3.8) is 0 Å². The quantitative estimate of drug-likeness (QED) is 0.762. The van der Waals surface area contributed by atoms with Crippen LogP contribution in [0.1, 0.15) is 37.1 Å². The van der Waals surface area contributed by atoms with E-state index in [-0.39, 0.29) is 0 Å². The predicted octanol–water partition coefficient (Wildman–Crippen LogP) is 4.13. The molecule has 18 heavy (non-hydrogen) atoms. The zero-order valence-electron chi connectivity index (χ0n) is 11.0. The highest BCUT2D eigenvalue weighted by Gasteiger charge is 2.50. The van der Waals surface area contributed by atoms with Gasteiger partial charge in [0.05, 0.1) is 16.4 Å². The molecule has 0 radical (unpaired) electrons.